The number of carbonyl (C=O) groups excluding carboxylic acids is 2. The molecule has 120 valence electrons. The summed E-state index contributed by atoms with van der Waals surface area (Å²) in [5.41, 5.74) is 0.354. The number of nitrogens with zero attached hydrogens (tertiary/aromatic N) is 2. The third-order valence-corrected chi connectivity index (χ3v) is 3.59. The van der Waals surface area contributed by atoms with Gasteiger partial charge in [-0.15, -0.1) is 0 Å². The van der Waals surface area contributed by atoms with Gasteiger partial charge in [0.1, 0.15) is 5.69 Å². The molecular weight excluding hydrogens is 282 g/mol. The van der Waals surface area contributed by atoms with Gasteiger partial charge in [0.05, 0.1) is 6.10 Å². The number of likely N-dealkylation sites (tertiary alicyclic amines) is 1. The van der Waals surface area contributed by atoms with Crippen molar-refractivity contribution in [2.24, 2.45) is 0 Å². The summed E-state index contributed by atoms with van der Waals surface area (Å²) in [6, 6.07) is 5.26. The molecule has 0 bridgehead atoms. The Bertz CT molecular complexity index is 537. The molecule has 0 aromatic carbocycles. The molecule has 0 aliphatic carbocycles. The van der Waals surface area contributed by atoms with Crippen molar-refractivity contribution in [1.82, 2.24) is 15.2 Å². The summed E-state index contributed by atoms with van der Waals surface area (Å²) >= 11 is 0. The summed E-state index contributed by atoms with van der Waals surface area (Å²) in [5, 5.41) is 2.98. The zero-order valence-corrected chi connectivity index (χ0v) is 13.3. The van der Waals surface area contributed by atoms with Gasteiger partial charge in [0.2, 0.25) is 11.8 Å². The molecule has 0 unspecified atom stereocenters. The lowest BCUT2D eigenvalue weighted by atomic mass is 10.0. The number of nitrogens with one attached hydrogen (secondary N) is 1. The van der Waals surface area contributed by atoms with Crippen molar-refractivity contribution in [3.63, 3.8) is 0 Å². The molecule has 0 spiro atoms. The van der Waals surface area contributed by atoms with E-state index in [1.807, 2.05) is 13.8 Å². The molecule has 1 aromatic heterocycles. The number of aromatic nitrogens is 1. The molecule has 1 aliphatic heterocycles. The molecule has 2 rings (SSSR count). The Labute approximate surface area is 130 Å². The fraction of sp³-hybridized carbons (Fsp3) is 0.562. The van der Waals surface area contributed by atoms with Crippen molar-refractivity contribution >= 4 is 11.8 Å². The second-order valence-corrected chi connectivity index (χ2v) is 5.78. The van der Waals surface area contributed by atoms with Crippen LogP contribution < -0.4 is 10.1 Å². The molecule has 1 aromatic rings. The van der Waals surface area contributed by atoms with Gasteiger partial charge in [0, 0.05) is 32.1 Å². The van der Waals surface area contributed by atoms with E-state index in [-0.39, 0.29) is 24.0 Å². The van der Waals surface area contributed by atoms with E-state index in [9.17, 15) is 9.59 Å². The molecule has 1 N–H and O–H groups in total. The molecule has 1 fully saturated rings. The summed E-state index contributed by atoms with van der Waals surface area (Å²) in [6.45, 7) is 6.77. The topological polar surface area (TPSA) is 71.5 Å². The molecule has 22 heavy (non-hydrogen) atoms. The Kier molecular flexibility index (Phi) is 5.35. The second-order valence-electron chi connectivity index (χ2n) is 5.78. The average molecular weight is 305 g/mol. The predicted octanol–water partition coefficient (Wildman–Crippen LogP) is 1.61. The third-order valence-electron chi connectivity index (χ3n) is 3.59. The highest BCUT2D eigenvalue weighted by atomic mass is 16.5. The van der Waals surface area contributed by atoms with Gasteiger partial charge in [-0.05, 0) is 32.8 Å². The molecule has 6 heteroatoms. The first-order valence-electron chi connectivity index (χ1n) is 7.66. The highest BCUT2D eigenvalue weighted by Crippen LogP contribution is 2.13. The summed E-state index contributed by atoms with van der Waals surface area (Å²) in [7, 11) is 0. The van der Waals surface area contributed by atoms with Crippen LogP contribution in [0.5, 0.6) is 5.88 Å². The number of amides is 2. The number of hydrogen-bond acceptors (Lipinski definition) is 4. The Hall–Kier alpha value is -2.11. The lowest BCUT2D eigenvalue weighted by molar-refractivity contribution is -0.129. The van der Waals surface area contributed by atoms with Crippen LogP contribution in [0.2, 0.25) is 0 Å². The number of rotatable bonds is 4. The summed E-state index contributed by atoms with van der Waals surface area (Å²) in [6.07, 6.45) is 1.56. The first-order valence-corrected chi connectivity index (χ1v) is 7.66. The van der Waals surface area contributed by atoms with Crippen LogP contribution in [0.1, 0.15) is 44.1 Å². The second kappa shape index (κ2) is 7.24. The minimum atomic E-state index is -0.199. The van der Waals surface area contributed by atoms with Gasteiger partial charge < -0.3 is 15.0 Å². The SMILES string of the molecule is CC(=O)N1CCC(NC(=O)c2cccc(OC(C)C)n2)CC1. The lowest BCUT2D eigenvalue weighted by Crippen LogP contribution is -2.46. The first kappa shape index (κ1) is 16.3. The van der Waals surface area contributed by atoms with E-state index in [0.29, 0.717) is 24.7 Å². The predicted molar refractivity (Wildman–Crippen MR) is 82.7 cm³/mol. The number of piperidine rings is 1. The van der Waals surface area contributed by atoms with E-state index in [0.717, 1.165) is 12.8 Å². The van der Waals surface area contributed by atoms with E-state index in [2.05, 4.69) is 10.3 Å². The summed E-state index contributed by atoms with van der Waals surface area (Å²) < 4.78 is 5.50. The number of hydrogen-bond donors (Lipinski definition) is 1. The molecule has 0 radical (unpaired) electrons. The smallest absolute Gasteiger partial charge is 0.270 e. The molecule has 6 nitrogen and oxygen atoms in total. The minimum absolute atomic E-state index is 0.0155. The van der Waals surface area contributed by atoms with E-state index < -0.39 is 0 Å². The van der Waals surface area contributed by atoms with Crippen LogP contribution in [0.3, 0.4) is 0 Å². The van der Waals surface area contributed by atoms with Crippen LogP contribution in [0, 0.1) is 0 Å². The van der Waals surface area contributed by atoms with Crippen molar-refractivity contribution in [3.8, 4) is 5.88 Å². The van der Waals surface area contributed by atoms with Crippen LogP contribution in [0.15, 0.2) is 18.2 Å². The summed E-state index contributed by atoms with van der Waals surface area (Å²) in [4.78, 5) is 29.6. The lowest BCUT2D eigenvalue weighted by Gasteiger charge is -2.31. The minimum Gasteiger partial charge on any atom is -0.475 e. The van der Waals surface area contributed by atoms with Crippen LogP contribution in [0.4, 0.5) is 0 Å². The van der Waals surface area contributed by atoms with E-state index >= 15 is 0 Å². The molecule has 0 saturated carbocycles. The van der Waals surface area contributed by atoms with Crippen molar-refractivity contribution < 1.29 is 14.3 Å². The fourth-order valence-electron chi connectivity index (χ4n) is 2.45. The van der Waals surface area contributed by atoms with Gasteiger partial charge in [-0.25, -0.2) is 4.98 Å². The number of ether oxygens (including phenoxy) is 1. The van der Waals surface area contributed by atoms with E-state index in [1.54, 1.807) is 30.0 Å². The van der Waals surface area contributed by atoms with Crippen LogP contribution in [0.25, 0.3) is 0 Å². The average Bonchev–Trinajstić information content (AvgIpc) is 2.47. The van der Waals surface area contributed by atoms with Crippen molar-refractivity contribution in [1.29, 1.82) is 0 Å². The Morgan fingerprint density at radius 2 is 2.00 bits per heavy atom. The van der Waals surface area contributed by atoms with Crippen molar-refractivity contribution in [2.75, 3.05) is 13.1 Å². The van der Waals surface area contributed by atoms with Crippen LogP contribution in [-0.2, 0) is 4.79 Å². The molecule has 1 saturated heterocycles. The molecule has 0 atom stereocenters. The van der Waals surface area contributed by atoms with Gasteiger partial charge in [0.25, 0.3) is 5.91 Å². The van der Waals surface area contributed by atoms with Gasteiger partial charge in [-0.2, -0.15) is 0 Å². The largest absolute Gasteiger partial charge is 0.475 e. The standard InChI is InChI=1S/C16H23N3O3/c1-11(2)22-15-6-4-5-14(18-15)16(21)17-13-7-9-19(10-8-13)12(3)20/h4-6,11,13H,7-10H2,1-3H3,(H,17,21). The zero-order chi connectivity index (χ0) is 16.1. The van der Waals surface area contributed by atoms with E-state index in [1.165, 1.54) is 0 Å². The normalized spacial score (nSPS) is 15.7. The number of pyridine rings is 1. The quantitative estimate of drug-likeness (QED) is 0.917. The van der Waals surface area contributed by atoms with Crippen LogP contribution in [-0.4, -0.2) is 46.9 Å². The van der Waals surface area contributed by atoms with Crippen molar-refractivity contribution in [3.05, 3.63) is 23.9 Å². The van der Waals surface area contributed by atoms with E-state index in [4.69, 9.17) is 4.74 Å². The molecular formula is C16H23N3O3. The number of carbonyl (C=O) groups is 2. The van der Waals surface area contributed by atoms with Gasteiger partial charge in [-0.3, -0.25) is 9.59 Å². The third kappa shape index (κ3) is 4.44. The van der Waals surface area contributed by atoms with Crippen molar-refractivity contribution in [2.45, 2.75) is 45.8 Å². The molecule has 2 amide bonds. The fourth-order valence-corrected chi connectivity index (χ4v) is 2.45. The Morgan fingerprint density at radius 1 is 1.32 bits per heavy atom. The molecule has 2 heterocycles. The maximum absolute atomic E-state index is 12.3. The Balaban J connectivity index is 1.91. The van der Waals surface area contributed by atoms with Crippen LogP contribution >= 0.6 is 0 Å². The summed E-state index contributed by atoms with van der Waals surface area (Å²) in [5.74, 6) is 0.342. The zero-order valence-electron chi connectivity index (χ0n) is 13.3. The van der Waals surface area contributed by atoms with Gasteiger partial charge in [0.15, 0.2) is 0 Å². The van der Waals surface area contributed by atoms with Gasteiger partial charge in [-0.1, -0.05) is 6.07 Å². The Morgan fingerprint density at radius 3 is 2.59 bits per heavy atom. The highest BCUT2D eigenvalue weighted by molar-refractivity contribution is 5.92. The maximum Gasteiger partial charge on any atom is 0.270 e. The molecule has 1 aliphatic rings. The van der Waals surface area contributed by atoms with Gasteiger partial charge >= 0.3 is 0 Å². The first-order chi connectivity index (χ1) is 10.5. The maximum atomic E-state index is 12.3. The highest BCUT2D eigenvalue weighted by Gasteiger charge is 2.22. The monoisotopic (exact) mass is 305 g/mol.